The van der Waals surface area contributed by atoms with E-state index in [9.17, 15) is 0 Å². The molecule has 0 aliphatic heterocycles. The Bertz CT molecular complexity index is 325. The van der Waals surface area contributed by atoms with Crippen LogP contribution in [0.25, 0.3) is 0 Å². The number of hydrogen-bond acceptors (Lipinski definition) is 6. The van der Waals surface area contributed by atoms with Crippen LogP contribution in [-0.4, -0.2) is 29.5 Å². The average Bonchev–Trinajstić information content (AvgIpc) is 2.64. The predicted molar refractivity (Wildman–Crippen MR) is 56.0 cm³/mol. The van der Waals surface area contributed by atoms with Gasteiger partial charge in [0.15, 0.2) is 5.82 Å². The van der Waals surface area contributed by atoms with E-state index in [0.29, 0.717) is 25.1 Å². The molecule has 16 heavy (non-hydrogen) atoms. The van der Waals surface area contributed by atoms with Gasteiger partial charge in [-0.25, -0.2) is 0 Å². The van der Waals surface area contributed by atoms with Crippen LogP contribution < -0.4 is 10.5 Å². The lowest BCUT2D eigenvalue weighted by Crippen LogP contribution is -2.27. The highest BCUT2D eigenvalue weighted by atomic mass is 16.6. The first kappa shape index (κ1) is 11.3. The average molecular weight is 227 g/mol. The lowest BCUT2D eigenvalue weighted by atomic mass is 9.96. The standard InChI is InChI=1S/C10H17N3O3/c1-2-14-10-12-9(13-16-10)8(11)6-15-7-4-3-5-7/h7-8H,2-6,11H2,1H3. The lowest BCUT2D eigenvalue weighted by Gasteiger charge is -2.26. The van der Waals surface area contributed by atoms with Crippen molar-refractivity contribution in [3.8, 4) is 6.08 Å². The minimum Gasteiger partial charge on any atom is -0.449 e. The highest BCUT2D eigenvalue weighted by Crippen LogP contribution is 2.23. The van der Waals surface area contributed by atoms with Crippen LogP contribution in [0.5, 0.6) is 6.08 Å². The Hall–Kier alpha value is -1.14. The van der Waals surface area contributed by atoms with Crippen LogP contribution >= 0.6 is 0 Å². The summed E-state index contributed by atoms with van der Waals surface area (Å²) in [7, 11) is 0. The predicted octanol–water partition coefficient (Wildman–Crippen LogP) is 1.04. The van der Waals surface area contributed by atoms with E-state index in [1.807, 2.05) is 6.92 Å². The first-order valence-corrected chi connectivity index (χ1v) is 5.63. The minimum atomic E-state index is -0.349. The van der Waals surface area contributed by atoms with Crippen LogP contribution in [-0.2, 0) is 4.74 Å². The van der Waals surface area contributed by atoms with Crippen molar-refractivity contribution >= 4 is 0 Å². The molecule has 2 rings (SSSR count). The van der Waals surface area contributed by atoms with Gasteiger partial charge in [-0.1, -0.05) is 5.16 Å². The zero-order chi connectivity index (χ0) is 11.4. The maximum atomic E-state index is 5.87. The zero-order valence-corrected chi connectivity index (χ0v) is 9.39. The second kappa shape index (κ2) is 5.27. The van der Waals surface area contributed by atoms with Gasteiger partial charge >= 0.3 is 6.08 Å². The van der Waals surface area contributed by atoms with E-state index in [4.69, 9.17) is 19.7 Å². The normalized spacial score (nSPS) is 18.1. The molecule has 1 heterocycles. The molecule has 0 spiro atoms. The molecular formula is C10H17N3O3. The van der Waals surface area contributed by atoms with Crippen LogP contribution in [0.3, 0.4) is 0 Å². The molecule has 1 aliphatic carbocycles. The van der Waals surface area contributed by atoms with Gasteiger partial charge in [-0.2, -0.15) is 4.98 Å². The Morgan fingerprint density at radius 3 is 3.00 bits per heavy atom. The molecule has 2 N–H and O–H groups in total. The highest BCUT2D eigenvalue weighted by Gasteiger charge is 2.21. The largest absolute Gasteiger partial charge is 0.449 e. The fourth-order valence-corrected chi connectivity index (χ4v) is 1.40. The molecule has 1 unspecified atom stereocenters. The molecule has 0 saturated heterocycles. The summed E-state index contributed by atoms with van der Waals surface area (Å²) < 4.78 is 15.5. The first-order valence-electron chi connectivity index (χ1n) is 5.63. The molecule has 0 aromatic carbocycles. The second-order valence-corrected chi connectivity index (χ2v) is 3.84. The summed E-state index contributed by atoms with van der Waals surface area (Å²) in [5.74, 6) is 0.433. The summed E-state index contributed by atoms with van der Waals surface area (Å²) in [5, 5.41) is 3.74. The van der Waals surface area contributed by atoms with Crippen LogP contribution in [0, 0.1) is 0 Å². The number of hydrogen-bond donors (Lipinski definition) is 1. The Balaban J connectivity index is 1.79. The maximum absolute atomic E-state index is 5.87. The third kappa shape index (κ3) is 2.70. The molecule has 0 radical (unpaired) electrons. The van der Waals surface area contributed by atoms with E-state index in [0.717, 1.165) is 12.8 Å². The molecule has 1 aliphatic rings. The van der Waals surface area contributed by atoms with E-state index >= 15 is 0 Å². The third-order valence-corrected chi connectivity index (χ3v) is 2.59. The van der Waals surface area contributed by atoms with E-state index in [2.05, 4.69) is 10.1 Å². The number of rotatable bonds is 6. The highest BCUT2D eigenvalue weighted by molar-refractivity contribution is 4.95. The summed E-state index contributed by atoms with van der Waals surface area (Å²) in [6.45, 7) is 2.77. The molecule has 1 fully saturated rings. The van der Waals surface area contributed by atoms with E-state index in [-0.39, 0.29) is 12.1 Å². The number of ether oxygens (including phenoxy) is 2. The number of nitrogens with two attached hydrogens (primary N) is 1. The molecule has 6 heteroatoms. The fraction of sp³-hybridized carbons (Fsp3) is 0.800. The van der Waals surface area contributed by atoms with Gasteiger partial charge in [0, 0.05) is 0 Å². The van der Waals surface area contributed by atoms with Gasteiger partial charge < -0.3 is 15.2 Å². The molecule has 0 amide bonds. The molecule has 6 nitrogen and oxygen atoms in total. The first-order chi connectivity index (χ1) is 7.79. The molecule has 90 valence electrons. The monoisotopic (exact) mass is 227 g/mol. The zero-order valence-electron chi connectivity index (χ0n) is 9.39. The van der Waals surface area contributed by atoms with Crippen LogP contribution in [0.2, 0.25) is 0 Å². The van der Waals surface area contributed by atoms with Crippen molar-refractivity contribution in [1.29, 1.82) is 0 Å². The summed E-state index contributed by atoms with van der Waals surface area (Å²) in [6.07, 6.45) is 4.03. The van der Waals surface area contributed by atoms with Gasteiger partial charge in [-0.05, 0) is 26.2 Å². The smallest absolute Gasteiger partial charge is 0.417 e. The topological polar surface area (TPSA) is 83.4 Å². The van der Waals surface area contributed by atoms with Crippen molar-refractivity contribution in [2.24, 2.45) is 5.73 Å². The summed E-state index contributed by atoms with van der Waals surface area (Å²) in [6, 6.07) is -0.349. The summed E-state index contributed by atoms with van der Waals surface area (Å²) in [4.78, 5) is 4.02. The molecular weight excluding hydrogens is 210 g/mol. The fourth-order valence-electron chi connectivity index (χ4n) is 1.40. The molecule has 0 bridgehead atoms. The van der Waals surface area contributed by atoms with Crippen LogP contribution in [0.1, 0.15) is 38.1 Å². The SMILES string of the molecule is CCOc1nc(C(N)COC2CCC2)no1. The number of nitrogens with zero attached hydrogens (tertiary/aromatic N) is 2. The van der Waals surface area contributed by atoms with Crippen molar-refractivity contribution in [1.82, 2.24) is 10.1 Å². The van der Waals surface area contributed by atoms with Crippen molar-refractivity contribution in [2.45, 2.75) is 38.3 Å². The Labute approximate surface area is 94.1 Å². The quantitative estimate of drug-likeness (QED) is 0.781. The summed E-state index contributed by atoms with van der Waals surface area (Å²) in [5.41, 5.74) is 5.87. The van der Waals surface area contributed by atoms with Crippen molar-refractivity contribution in [3.05, 3.63) is 5.82 Å². The van der Waals surface area contributed by atoms with Crippen LogP contribution in [0.15, 0.2) is 4.52 Å². The molecule has 1 saturated carbocycles. The molecule has 1 atom stereocenters. The van der Waals surface area contributed by atoms with Gasteiger partial charge in [0.25, 0.3) is 0 Å². The minimum absolute atomic E-state index is 0.164. The van der Waals surface area contributed by atoms with Gasteiger partial charge in [0.2, 0.25) is 0 Å². The maximum Gasteiger partial charge on any atom is 0.417 e. The molecule has 1 aromatic rings. The van der Waals surface area contributed by atoms with Crippen molar-refractivity contribution < 1.29 is 14.0 Å². The second-order valence-electron chi connectivity index (χ2n) is 3.84. The Morgan fingerprint density at radius 2 is 2.38 bits per heavy atom. The molecule has 1 aromatic heterocycles. The third-order valence-electron chi connectivity index (χ3n) is 2.59. The van der Waals surface area contributed by atoms with E-state index in [1.54, 1.807) is 0 Å². The summed E-state index contributed by atoms with van der Waals surface area (Å²) >= 11 is 0. The van der Waals surface area contributed by atoms with E-state index < -0.39 is 0 Å². The Morgan fingerprint density at radius 1 is 1.56 bits per heavy atom. The number of aromatic nitrogens is 2. The van der Waals surface area contributed by atoms with Crippen molar-refractivity contribution in [2.75, 3.05) is 13.2 Å². The van der Waals surface area contributed by atoms with Gasteiger partial charge in [0.05, 0.1) is 25.4 Å². The Kier molecular flexibility index (Phi) is 3.74. The van der Waals surface area contributed by atoms with E-state index in [1.165, 1.54) is 6.42 Å². The van der Waals surface area contributed by atoms with Crippen molar-refractivity contribution in [3.63, 3.8) is 0 Å². The van der Waals surface area contributed by atoms with Crippen LogP contribution in [0.4, 0.5) is 0 Å². The van der Waals surface area contributed by atoms with Gasteiger partial charge in [0.1, 0.15) is 0 Å². The van der Waals surface area contributed by atoms with Gasteiger partial charge in [-0.15, -0.1) is 0 Å². The lowest BCUT2D eigenvalue weighted by molar-refractivity contribution is -0.00549. The van der Waals surface area contributed by atoms with Gasteiger partial charge in [-0.3, -0.25) is 4.52 Å².